The van der Waals surface area contributed by atoms with E-state index in [0.717, 1.165) is 66.9 Å². The molecule has 3 heterocycles. The van der Waals surface area contributed by atoms with E-state index in [1.54, 1.807) is 34.9 Å². The number of hydrogen-bond acceptors (Lipinski definition) is 4. The highest BCUT2D eigenvalue weighted by atomic mass is 16.5. The van der Waals surface area contributed by atoms with Crippen LogP contribution in [0.4, 0.5) is 22.7 Å². The van der Waals surface area contributed by atoms with Crippen LogP contribution >= 0.6 is 0 Å². The SMILES string of the molecule is [2H]c1nc(-n2c3ccc(-c4ccccc4)cc3c3ccc(Oc4cccc(N5CN(c6c(-c7ccccc7)cccc6-c6cc(C(C)(C)C)cc(C(C)(C)C)c6)c6ccccc65)c4)cc32)c([2H])c(C([2H])(C([2H])([2H])[2H])C([2H])([2H])[2H])c1-c1ccccc1. The molecule has 9 aromatic carbocycles. The number of ether oxygens (including phenoxy) is 1. The third-order valence-corrected chi connectivity index (χ3v) is 14.6. The van der Waals surface area contributed by atoms with Crippen molar-refractivity contribution in [1.82, 2.24) is 9.55 Å². The van der Waals surface area contributed by atoms with Crippen LogP contribution in [0.25, 0.3) is 72.1 Å². The van der Waals surface area contributed by atoms with Crippen molar-refractivity contribution in [3.8, 4) is 61.8 Å². The second kappa shape index (κ2) is 19.2. The second-order valence-corrected chi connectivity index (χ2v) is 21.7. The summed E-state index contributed by atoms with van der Waals surface area (Å²) in [4.78, 5) is 9.46. The normalized spacial score (nSPS) is 14.9. The Hall–Kier alpha value is -8.67. The quantitative estimate of drug-likeness (QED) is 0.137. The Morgan fingerprint density at radius 1 is 0.500 bits per heavy atom. The van der Waals surface area contributed by atoms with E-state index >= 15 is 0 Å². The Balaban J connectivity index is 0.992. The molecular formula is C71H64N4O. The fourth-order valence-corrected chi connectivity index (χ4v) is 10.6. The van der Waals surface area contributed by atoms with Gasteiger partial charge in [0.2, 0.25) is 0 Å². The minimum Gasteiger partial charge on any atom is -0.457 e. The van der Waals surface area contributed by atoms with Gasteiger partial charge in [0.1, 0.15) is 24.0 Å². The summed E-state index contributed by atoms with van der Waals surface area (Å²) in [6.07, 6.45) is -0.483. The van der Waals surface area contributed by atoms with E-state index in [4.69, 9.17) is 17.9 Å². The van der Waals surface area contributed by atoms with Crippen molar-refractivity contribution in [3.63, 3.8) is 0 Å². The Morgan fingerprint density at radius 2 is 1.09 bits per heavy atom. The average Bonchev–Trinajstić information content (AvgIpc) is 1.67. The zero-order valence-corrected chi connectivity index (χ0v) is 43.6. The molecule has 12 rings (SSSR count). The van der Waals surface area contributed by atoms with E-state index < -0.39 is 37.4 Å². The molecule has 374 valence electrons. The summed E-state index contributed by atoms with van der Waals surface area (Å²) >= 11 is 0. The molecule has 0 amide bonds. The molecular weight excluding hydrogens is 925 g/mol. The van der Waals surface area contributed by atoms with E-state index in [2.05, 4.69) is 142 Å². The van der Waals surface area contributed by atoms with Crippen molar-refractivity contribution in [2.45, 2.75) is 72.0 Å². The first-order valence-electron chi connectivity index (χ1n) is 30.4. The Labute approximate surface area is 461 Å². The van der Waals surface area contributed by atoms with Crippen molar-refractivity contribution < 1.29 is 17.1 Å². The first-order chi connectivity index (χ1) is 40.4. The summed E-state index contributed by atoms with van der Waals surface area (Å²) in [5.74, 6) is -2.59. The third-order valence-electron chi connectivity index (χ3n) is 14.6. The Bertz CT molecular complexity index is 4310. The number of pyridine rings is 1. The molecule has 1 aliphatic rings. The van der Waals surface area contributed by atoms with Gasteiger partial charge in [0.15, 0.2) is 0 Å². The fraction of sp³-hybridized carbons (Fsp3) is 0.169. The molecule has 0 bridgehead atoms. The summed E-state index contributed by atoms with van der Waals surface area (Å²) in [5.41, 5.74) is 13.2. The highest BCUT2D eigenvalue weighted by Crippen LogP contribution is 2.51. The summed E-state index contributed by atoms with van der Waals surface area (Å²) in [6.45, 7) is 7.18. The molecule has 5 heteroatoms. The van der Waals surface area contributed by atoms with Gasteiger partial charge in [0.05, 0.1) is 30.8 Å². The van der Waals surface area contributed by atoms with Crippen molar-refractivity contribution in [1.29, 1.82) is 0 Å². The summed E-state index contributed by atoms with van der Waals surface area (Å²) < 4.78 is 89.3. The molecule has 0 fully saturated rings. The molecule has 0 spiro atoms. The molecule has 1 aliphatic heterocycles. The maximum atomic E-state index is 9.96. The predicted octanol–water partition coefficient (Wildman–Crippen LogP) is 19.6. The van der Waals surface area contributed by atoms with Gasteiger partial charge in [-0.3, -0.25) is 4.57 Å². The molecule has 0 aliphatic carbocycles. The Morgan fingerprint density at radius 3 is 1.75 bits per heavy atom. The van der Waals surface area contributed by atoms with Gasteiger partial charge in [0.25, 0.3) is 0 Å². The number of nitrogens with zero attached hydrogens (tertiary/aromatic N) is 4. The first-order valence-corrected chi connectivity index (χ1v) is 25.9. The number of benzene rings is 9. The highest BCUT2D eigenvalue weighted by Gasteiger charge is 2.32. The van der Waals surface area contributed by atoms with E-state index in [-0.39, 0.29) is 27.8 Å². The number of rotatable bonds is 10. The van der Waals surface area contributed by atoms with Gasteiger partial charge in [-0.05, 0) is 116 Å². The monoisotopic (exact) mass is 998 g/mol. The lowest BCUT2D eigenvalue weighted by molar-refractivity contribution is 0.483. The van der Waals surface area contributed by atoms with Crippen molar-refractivity contribution >= 4 is 44.6 Å². The molecule has 0 saturated heterocycles. The van der Waals surface area contributed by atoms with Crippen molar-refractivity contribution in [2.24, 2.45) is 0 Å². The maximum absolute atomic E-state index is 9.96. The van der Waals surface area contributed by atoms with Crippen LogP contribution in [0, 0.1) is 0 Å². The molecule has 0 N–H and O–H groups in total. The smallest absolute Gasteiger partial charge is 0.137 e. The molecule has 0 unspecified atom stereocenters. The van der Waals surface area contributed by atoms with Gasteiger partial charge in [-0.2, -0.15) is 0 Å². The number of para-hydroxylation sites is 3. The van der Waals surface area contributed by atoms with Gasteiger partial charge in [-0.25, -0.2) is 4.98 Å². The minimum atomic E-state index is -3.47. The van der Waals surface area contributed by atoms with Crippen molar-refractivity contribution in [3.05, 3.63) is 241 Å². The van der Waals surface area contributed by atoms with Crippen LogP contribution in [0.3, 0.4) is 0 Å². The van der Waals surface area contributed by atoms with E-state index in [9.17, 15) is 4.11 Å². The van der Waals surface area contributed by atoms with Crippen LogP contribution in [0.15, 0.2) is 225 Å². The summed E-state index contributed by atoms with van der Waals surface area (Å²) in [6, 6.07) is 69.7. The lowest BCUT2D eigenvalue weighted by Crippen LogP contribution is -2.25. The van der Waals surface area contributed by atoms with Crippen LogP contribution in [0.5, 0.6) is 11.5 Å². The minimum absolute atomic E-state index is 0.0929. The zero-order chi connectivity index (χ0) is 60.0. The molecule has 0 radical (unpaired) electrons. The van der Waals surface area contributed by atoms with Crippen LogP contribution in [-0.2, 0) is 10.8 Å². The van der Waals surface area contributed by atoms with Crippen LogP contribution < -0.4 is 14.5 Å². The lowest BCUT2D eigenvalue weighted by atomic mass is 9.78. The average molecular weight is 998 g/mol. The molecule has 5 nitrogen and oxygen atoms in total. The van der Waals surface area contributed by atoms with Gasteiger partial charge in [-0.1, -0.05) is 207 Å². The van der Waals surface area contributed by atoms with E-state index in [1.807, 2.05) is 91.0 Å². The maximum Gasteiger partial charge on any atom is 0.137 e. The first kappa shape index (κ1) is 38.8. The van der Waals surface area contributed by atoms with E-state index in [1.165, 1.54) is 11.1 Å². The van der Waals surface area contributed by atoms with Crippen LogP contribution in [-0.4, -0.2) is 16.2 Å². The molecule has 0 atom stereocenters. The highest BCUT2D eigenvalue weighted by molar-refractivity contribution is 6.11. The summed E-state index contributed by atoms with van der Waals surface area (Å²) in [5, 5.41) is 1.48. The van der Waals surface area contributed by atoms with Gasteiger partial charge in [0, 0.05) is 61.1 Å². The predicted molar refractivity (Wildman–Crippen MR) is 320 cm³/mol. The standard InChI is InChI=1S/C71H64N4O/c1-47(2)61-44-68(72-45-63(61)50-26-16-11-17-27-50)75-64-37-34-51(48-22-12-9-13-23-48)40-62(64)60-36-35-57(43-67(60)75)76-56-29-20-28-55(42-56)73-46-74(66-33-19-18-32-65(66)73)69-58(49-24-14-10-15-25-49)30-21-31-59(69)52-38-53(70(3,4)5)41-54(39-52)71(6,7)8/h9-45,47H,46H2,1-8H3/i1D3,2D3,44D,45D,47D. The Kier molecular flexibility index (Phi) is 9.83. The third kappa shape index (κ3) is 9.00. The van der Waals surface area contributed by atoms with Crippen LogP contribution in [0.1, 0.15) is 90.2 Å². The second-order valence-electron chi connectivity index (χ2n) is 21.7. The van der Waals surface area contributed by atoms with Gasteiger partial charge in [-0.15, -0.1) is 0 Å². The number of anilines is 4. The van der Waals surface area contributed by atoms with Crippen LogP contribution in [0.2, 0.25) is 0 Å². The molecule has 2 aromatic heterocycles. The fourth-order valence-electron chi connectivity index (χ4n) is 10.6. The number of hydrogen-bond donors (Lipinski definition) is 0. The number of aromatic nitrogens is 2. The summed E-state index contributed by atoms with van der Waals surface area (Å²) in [7, 11) is 0. The molecule has 0 saturated carbocycles. The number of fused-ring (bicyclic) bond motifs is 4. The molecule has 11 aromatic rings. The zero-order valence-electron chi connectivity index (χ0n) is 52.6. The largest absolute Gasteiger partial charge is 0.457 e. The topological polar surface area (TPSA) is 33.5 Å². The lowest BCUT2D eigenvalue weighted by Gasteiger charge is -2.29. The van der Waals surface area contributed by atoms with E-state index in [0.29, 0.717) is 29.2 Å². The van der Waals surface area contributed by atoms with Crippen molar-refractivity contribution in [2.75, 3.05) is 16.5 Å². The van der Waals surface area contributed by atoms with Gasteiger partial charge >= 0.3 is 0 Å². The van der Waals surface area contributed by atoms with Gasteiger partial charge < -0.3 is 14.5 Å². The molecule has 76 heavy (non-hydrogen) atoms.